The molecule has 5 rings (SSSR count). The minimum Gasteiger partial charge on any atom is -0.374 e. The number of nitrogens with zero attached hydrogens (tertiary/aromatic N) is 4. The molecule has 158 valence electrons. The van der Waals surface area contributed by atoms with Crippen LogP contribution in [0.3, 0.4) is 0 Å². The first-order valence-electron chi connectivity index (χ1n) is 10.9. The van der Waals surface area contributed by atoms with Crippen molar-refractivity contribution in [2.45, 2.75) is 6.04 Å². The number of fused-ring (bicyclic) bond motifs is 1. The minimum absolute atomic E-state index is 0.239. The van der Waals surface area contributed by atoms with Gasteiger partial charge in [0.1, 0.15) is 16.6 Å². The van der Waals surface area contributed by atoms with Gasteiger partial charge in [-0.05, 0) is 23.3 Å². The first-order chi connectivity index (χ1) is 15.8. The molecule has 0 bridgehead atoms. The van der Waals surface area contributed by atoms with E-state index in [0.717, 1.165) is 41.4 Å². The fourth-order valence-corrected chi connectivity index (χ4v) is 5.24. The lowest BCUT2D eigenvalue weighted by atomic mass is 9.96. The normalized spacial score (nSPS) is 15.2. The first-order valence-corrected chi connectivity index (χ1v) is 11.7. The molecule has 2 heterocycles. The topological polar surface area (TPSA) is 43.2 Å². The summed E-state index contributed by atoms with van der Waals surface area (Å²) < 4.78 is 1.11. The van der Waals surface area contributed by atoms with Gasteiger partial charge in [-0.15, -0.1) is 11.3 Å². The van der Waals surface area contributed by atoms with E-state index in [1.54, 1.807) is 11.3 Å². The average Bonchev–Trinajstić information content (AvgIpc) is 3.29. The zero-order chi connectivity index (χ0) is 21.8. The number of aromatic nitrogens is 1. The molecular weight excluding hydrogens is 412 g/mol. The minimum atomic E-state index is 0.239. The molecule has 1 aliphatic rings. The molecule has 3 aromatic carbocycles. The molecule has 4 aromatic rings. The van der Waals surface area contributed by atoms with Crippen LogP contribution in [0.25, 0.3) is 15.8 Å². The summed E-state index contributed by atoms with van der Waals surface area (Å²) in [5.74, 6) is 0. The maximum Gasteiger partial charge on any atom is 0.136 e. The standard InChI is InChI=1S/C27H24N4S/c28-19-23(27-29-24-13-7-8-14-25(24)32-27)20-30-15-17-31(18-16-30)26(21-9-3-1-4-10-21)22-11-5-2-6-12-22/h1-14,20,26H,15-18H2. The van der Waals surface area contributed by atoms with E-state index < -0.39 is 0 Å². The summed E-state index contributed by atoms with van der Waals surface area (Å²) in [7, 11) is 0. The molecule has 5 heteroatoms. The SMILES string of the molecule is N#CC(=CN1CCN(C(c2ccccc2)c2ccccc2)CC1)c1nc2ccccc2s1. The number of benzene rings is 3. The van der Waals surface area contributed by atoms with Crippen molar-refractivity contribution in [3.63, 3.8) is 0 Å². The molecule has 1 aromatic heterocycles. The molecule has 0 aliphatic carbocycles. The highest BCUT2D eigenvalue weighted by Crippen LogP contribution is 2.30. The summed E-state index contributed by atoms with van der Waals surface area (Å²) >= 11 is 1.58. The van der Waals surface area contributed by atoms with Gasteiger partial charge >= 0.3 is 0 Å². The van der Waals surface area contributed by atoms with Crippen molar-refractivity contribution in [1.29, 1.82) is 5.26 Å². The van der Waals surface area contributed by atoms with Crippen LogP contribution in [0.2, 0.25) is 0 Å². The Balaban J connectivity index is 1.34. The number of nitriles is 1. The number of para-hydroxylation sites is 1. The van der Waals surface area contributed by atoms with Gasteiger partial charge in [-0.25, -0.2) is 4.98 Å². The van der Waals surface area contributed by atoms with Crippen molar-refractivity contribution < 1.29 is 0 Å². The van der Waals surface area contributed by atoms with Crippen molar-refractivity contribution in [1.82, 2.24) is 14.8 Å². The molecule has 0 radical (unpaired) electrons. The van der Waals surface area contributed by atoms with Crippen LogP contribution in [-0.4, -0.2) is 41.0 Å². The van der Waals surface area contributed by atoms with Crippen molar-refractivity contribution in [3.8, 4) is 6.07 Å². The summed E-state index contributed by atoms with van der Waals surface area (Å²) in [6.45, 7) is 3.63. The number of hydrogen-bond donors (Lipinski definition) is 0. The fraction of sp³-hybridized carbons (Fsp3) is 0.185. The van der Waals surface area contributed by atoms with Crippen LogP contribution in [0.4, 0.5) is 0 Å². The molecule has 1 aliphatic heterocycles. The van der Waals surface area contributed by atoms with Gasteiger partial charge in [-0.3, -0.25) is 4.90 Å². The predicted molar refractivity (Wildman–Crippen MR) is 131 cm³/mol. The largest absolute Gasteiger partial charge is 0.374 e. The third kappa shape index (κ3) is 4.29. The average molecular weight is 437 g/mol. The highest BCUT2D eigenvalue weighted by Gasteiger charge is 2.26. The molecule has 0 unspecified atom stereocenters. The Kier molecular flexibility index (Phi) is 5.98. The van der Waals surface area contributed by atoms with Crippen molar-refractivity contribution in [2.24, 2.45) is 0 Å². The summed E-state index contributed by atoms with van der Waals surface area (Å²) in [6, 6.07) is 32.1. The summed E-state index contributed by atoms with van der Waals surface area (Å²) in [5, 5.41) is 10.6. The molecule has 4 nitrogen and oxygen atoms in total. The lowest BCUT2D eigenvalue weighted by Crippen LogP contribution is -2.45. The zero-order valence-electron chi connectivity index (χ0n) is 17.8. The van der Waals surface area contributed by atoms with Gasteiger partial charge in [0.05, 0.1) is 16.3 Å². The second kappa shape index (κ2) is 9.35. The lowest BCUT2D eigenvalue weighted by molar-refractivity contribution is 0.139. The molecule has 32 heavy (non-hydrogen) atoms. The van der Waals surface area contributed by atoms with Crippen LogP contribution in [0.1, 0.15) is 22.2 Å². The highest BCUT2D eigenvalue weighted by molar-refractivity contribution is 7.19. The molecular formula is C27H24N4S. The van der Waals surface area contributed by atoms with Gasteiger partial charge in [0.15, 0.2) is 0 Å². The number of hydrogen-bond acceptors (Lipinski definition) is 5. The van der Waals surface area contributed by atoms with Gasteiger partial charge in [0, 0.05) is 32.4 Å². The Bertz CT molecular complexity index is 1180. The molecule has 0 spiro atoms. The van der Waals surface area contributed by atoms with Gasteiger partial charge < -0.3 is 4.90 Å². The number of rotatable bonds is 5. The van der Waals surface area contributed by atoms with E-state index >= 15 is 0 Å². The molecule has 0 amide bonds. The highest BCUT2D eigenvalue weighted by atomic mass is 32.1. The van der Waals surface area contributed by atoms with Gasteiger partial charge in [0.25, 0.3) is 0 Å². The van der Waals surface area contributed by atoms with Gasteiger partial charge in [-0.2, -0.15) is 5.26 Å². The van der Waals surface area contributed by atoms with E-state index in [-0.39, 0.29) is 6.04 Å². The molecule has 1 fully saturated rings. The van der Waals surface area contributed by atoms with E-state index in [4.69, 9.17) is 0 Å². The monoisotopic (exact) mass is 436 g/mol. The Morgan fingerprint density at radius 3 is 2.03 bits per heavy atom. The lowest BCUT2D eigenvalue weighted by Gasteiger charge is -2.39. The van der Waals surface area contributed by atoms with E-state index in [9.17, 15) is 5.26 Å². The number of allylic oxidation sites excluding steroid dienone is 1. The van der Waals surface area contributed by atoms with Crippen LogP contribution in [0, 0.1) is 11.3 Å². The van der Waals surface area contributed by atoms with Crippen LogP contribution in [0.5, 0.6) is 0 Å². The predicted octanol–water partition coefficient (Wildman–Crippen LogP) is 5.57. The van der Waals surface area contributed by atoms with Crippen molar-refractivity contribution in [2.75, 3.05) is 26.2 Å². The summed E-state index contributed by atoms with van der Waals surface area (Å²) in [4.78, 5) is 9.46. The smallest absolute Gasteiger partial charge is 0.136 e. The van der Waals surface area contributed by atoms with Gasteiger partial charge in [-0.1, -0.05) is 72.8 Å². The Hall–Kier alpha value is -3.46. The molecule has 0 atom stereocenters. The Labute approximate surface area is 192 Å². The quantitative estimate of drug-likeness (QED) is 0.384. The van der Waals surface area contributed by atoms with E-state index in [0.29, 0.717) is 5.57 Å². The maximum atomic E-state index is 9.78. The fourth-order valence-electron chi connectivity index (χ4n) is 4.31. The second-order valence-corrected chi connectivity index (χ2v) is 8.97. The zero-order valence-corrected chi connectivity index (χ0v) is 18.6. The maximum absolute atomic E-state index is 9.78. The van der Waals surface area contributed by atoms with E-state index in [1.807, 2.05) is 24.4 Å². The van der Waals surface area contributed by atoms with Crippen LogP contribution in [-0.2, 0) is 0 Å². The first kappa shape index (κ1) is 20.4. The Morgan fingerprint density at radius 1 is 0.844 bits per heavy atom. The van der Waals surface area contributed by atoms with Crippen molar-refractivity contribution in [3.05, 3.63) is 107 Å². The number of thiazole rings is 1. The third-order valence-electron chi connectivity index (χ3n) is 5.90. The molecule has 0 saturated carbocycles. The Morgan fingerprint density at radius 2 is 1.44 bits per heavy atom. The van der Waals surface area contributed by atoms with Crippen LogP contribution in [0.15, 0.2) is 91.1 Å². The van der Waals surface area contributed by atoms with Gasteiger partial charge in [0.2, 0.25) is 0 Å². The second-order valence-electron chi connectivity index (χ2n) is 7.94. The van der Waals surface area contributed by atoms with E-state index in [1.165, 1.54) is 11.1 Å². The van der Waals surface area contributed by atoms with Crippen LogP contribution >= 0.6 is 11.3 Å². The third-order valence-corrected chi connectivity index (χ3v) is 6.97. The number of piperazine rings is 1. The summed E-state index contributed by atoms with van der Waals surface area (Å²) in [6.07, 6.45) is 2.00. The molecule has 0 N–H and O–H groups in total. The van der Waals surface area contributed by atoms with Crippen molar-refractivity contribution >= 4 is 27.1 Å². The van der Waals surface area contributed by atoms with E-state index in [2.05, 4.69) is 87.6 Å². The van der Waals surface area contributed by atoms with Crippen LogP contribution < -0.4 is 0 Å². The molecule has 1 saturated heterocycles. The summed E-state index contributed by atoms with van der Waals surface area (Å²) in [5.41, 5.74) is 4.22.